The van der Waals surface area contributed by atoms with Crippen molar-refractivity contribution in [1.29, 1.82) is 0 Å². The van der Waals surface area contributed by atoms with Crippen LogP contribution in [0.15, 0.2) is 84.0 Å². The Labute approximate surface area is 195 Å². The number of sulfonamides is 1. The number of methoxy groups -OCH3 is 1. The molecule has 1 heterocycles. The quantitative estimate of drug-likeness (QED) is 0.457. The molecule has 1 aromatic heterocycles. The summed E-state index contributed by atoms with van der Waals surface area (Å²) in [5, 5.41) is 0. The predicted octanol–water partition coefficient (Wildman–Crippen LogP) is 3.37. The summed E-state index contributed by atoms with van der Waals surface area (Å²) < 4.78 is 32.3. The van der Waals surface area contributed by atoms with Crippen LogP contribution >= 0.6 is 0 Å². The lowest BCUT2D eigenvalue weighted by atomic mass is 10.0. The van der Waals surface area contributed by atoms with Crippen molar-refractivity contribution >= 4 is 15.9 Å². The highest BCUT2D eigenvalue weighted by molar-refractivity contribution is 7.89. The lowest BCUT2D eigenvalue weighted by Gasteiger charge is -2.31. The largest absolute Gasteiger partial charge is 0.496 e. The van der Waals surface area contributed by atoms with Crippen LogP contribution in [0.2, 0.25) is 0 Å². The molecule has 0 aliphatic heterocycles. The maximum atomic E-state index is 13.4. The average molecular weight is 468 g/mol. The standard InChI is InChI=1S/C25H29N3O4S/c1-20(16-22-12-7-8-14-24(22)32-3)28(18-21-10-5-4-6-11-21)25(29)19-27(2)33(30,31)23-13-9-15-26-17-23/h4-15,17,20H,16,18-19H2,1-3H3. The number of nitrogens with zero attached hydrogens (tertiary/aromatic N) is 3. The maximum absolute atomic E-state index is 13.4. The molecule has 0 aliphatic carbocycles. The lowest BCUT2D eigenvalue weighted by Crippen LogP contribution is -2.45. The van der Waals surface area contributed by atoms with Crippen molar-refractivity contribution in [2.45, 2.75) is 30.8 Å². The molecule has 0 bridgehead atoms. The molecule has 0 N–H and O–H groups in total. The number of rotatable bonds is 10. The summed E-state index contributed by atoms with van der Waals surface area (Å²) in [6.07, 6.45) is 3.36. The molecule has 0 aliphatic rings. The molecular weight excluding hydrogens is 438 g/mol. The third-order valence-electron chi connectivity index (χ3n) is 5.46. The summed E-state index contributed by atoms with van der Waals surface area (Å²) >= 11 is 0. The minimum Gasteiger partial charge on any atom is -0.496 e. The highest BCUT2D eigenvalue weighted by Gasteiger charge is 2.28. The summed E-state index contributed by atoms with van der Waals surface area (Å²) in [7, 11) is -0.804. The van der Waals surface area contributed by atoms with Crippen molar-refractivity contribution < 1.29 is 17.9 Å². The molecule has 0 spiro atoms. The first-order chi connectivity index (χ1) is 15.8. The van der Waals surface area contributed by atoms with Gasteiger partial charge in [-0.2, -0.15) is 4.31 Å². The van der Waals surface area contributed by atoms with E-state index in [1.165, 1.54) is 25.5 Å². The van der Waals surface area contributed by atoms with E-state index in [1.54, 1.807) is 18.1 Å². The predicted molar refractivity (Wildman–Crippen MR) is 127 cm³/mol. The molecule has 3 aromatic rings. The summed E-state index contributed by atoms with van der Waals surface area (Å²) in [5.74, 6) is 0.476. The van der Waals surface area contributed by atoms with Gasteiger partial charge in [0, 0.05) is 32.0 Å². The molecule has 2 aromatic carbocycles. The Morgan fingerprint density at radius 2 is 1.73 bits per heavy atom. The van der Waals surface area contributed by atoms with E-state index in [9.17, 15) is 13.2 Å². The van der Waals surface area contributed by atoms with E-state index >= 15 is 0 Å². The van der Waals surface area contributed by atoms with E-state index in [0.29, 0.717) is 13.0 Å². The molecule has 1 unspecified atom stereocenters. The van der Waals surface area contributed by atoms with Gasteiger partial charge in [-0.1, -0.05) is 48.5 Å². The Kier molecular flexibility index (Phi) is 8.19. The molecule has 0 saturated carbocycles. The number of amides is 1. The second-order valence-corrected chi connectivity index (χ2v) is 9.87. The Morgan fingerprint density at radius 3 is 2.39 bits per heavy atom. The zero-order valence-electron chi connectivity index (χ0n) is 19.1. The van der Waals surface area contributed by atoms with Crippen molar-refractivity contribution in [3.05, 3.63) is 90.3 Å². The number of carbonyl (C=O) groups excluding carboxylic acids is 1. The second kappa shape index (κ2) is 11.1. The third kappa shape index (κ3) is 6.18. The van der Waals surface area contributed by atoms with Gasteiger partial charge in [0.1, 0.15) is 10.6 Å². The van der Waals surface area contributed by atoms with Crippen molar-refractivity contribution in [2.24, 2.45) is 0 Å². The molecule has 33 heavy (non-hydrogen) atoms. The van der Waals surface area contributed by atoms with E-state index in [0.717, 1.165) is 21.2 Å². The van der Waals surface area contributed by atoms with Crippen molar-refractivity contribution in [1.82, 2.24) is 14.2 Å². The zero-order valence-corrected chi connectivity index (χ0v) is 19.9. The van der Waals surface area contributed by atoms with Crippen molar-refractivity contribution in [2.75, 3.05) is 20.7 Å². The fraction of sp³-hybridized carbons (Fsp3) is 0.280. The number of carbonyl (C=O) groups is 1. The number of hydrogen-bond donors (Lipinski definition) is 0. The Bertz CT molecular complexity index is 1150. The molecule has 0 saturated heterocycles. The van der Waals surface area contributed by atoms with Crippen LogP contribution in [0.25, 0.3) is 0 Å². The average Bonchev–Trinajstić information content (AvgIpc) is 2.83. The minimum atomic E-state index is -3.83. The van der Waals surface area contributed by atoms with Gasteiger partial charge < -0.3 is 9.64 Å². The summed E-state index contributed by atoms with van der Waals surface area (Å²) in [6.45, 7) is 2.06. The van der Waals surface area contributed by atoms with Gasteiger partial charge in [-0.25, -0.2) is 8.42 Å². The van der Waals surface area contributed by atoms with Gasteiger partial charge in [-0.15, -0.1) is 0 Å². The SMILES string of the molecule is COc1ccccc1CC(C)N(Cc1ccccc1)C(=O)CN(C)S(=O)(=O)c1cccnc1. The highest BCUT2D eigenvalue weighted by atomic mass is 32.2. The van der Waals surface area contributed by atoms with Crippen LogP contribution in [0.1, 0.15) is 18.1 Å². The Morgan fingerprint density at radius 1 is 1.03 bits per heavy atom. The molecule has 0 radical (unpaired) electrons. The van der Waals surface area contributed by atoms with Gasteiger partial charge in [0.05, 0.1) is 13.7 Å². The van der Waals surface area contributed by atoms with Crippen LogP contribution in [-0.4, -0.2) is 55.3 Å². The minimum absolute atomic E-state index is 0.0528. The van der Waals surface area contributed by atoms with Crippen LogP contribution in [0.3, 0.4) is 0 Å². The number of likely N-dealkylation sites (N-methyl/N-ethyl adjacent to an activating group) is 1. The number of benzene rings is 2. The second-order valence-electron chi connectivity index (χ2n) is 7.82. The number of pyridine rings is 1. The van der Waals surface area contributed by atoms with Gasteiger partial charge in [0.2, 0.25) is 15.9 Å². The fourth-order valence-electron chi connectivity index (χ4n) is 3.62. The van der Waals surface area contributed by atoms with Gasteiger partial charge in [-0.3, -0.25) is 9.78 Å². The Hall–Kier alpha value is -3.23. The summed E-state index contributed by atoms with van der Waals surface area (Å²) in [5.41, 5.74) is 1.95. The number of aromatic nitrogens is 1. The highest BCUT2D eigenvalue weighted by Crippen LogP contribution is 2.22. The van der Waals surface area contributed by atoms with E-state index in [2.05, 4.69) is 4.98 Å². The molecule has 7 nitrogen and oxygen atoms in total. The normalized spacial score (nSPS) is 12.4. The molecule has 1 atom stereocenters. The molecule has 1 amide bonds. The molecule has 0 fully saturated rings. The smallest absolute Gasteiger partial charge is 0.244 e. The summed E-state index contributed by atoms with van der Waals surface area (Å²) in [6, 6.07) is 20.2. The molecule has 3 rings (SSSR count). The van der Waals surface area contributed by atoms with Crippen molar-refractivity contribution in [3.8, 4) is 5.75 Å². The number of hydrogen-bond acceptors (Lipinski definition) is 5. The van der Waals surface area contributed by atoms with E-state index < -0.39 is 10.0 Å². The number of ether oxygens (including phenoxy) is 1. The first-order valence-corrected chi connectivity index (χ1v) is 12.1. The van der Waals surface area contributed by atoms with Gasteiger partial charge in [0.15, 0.2) is 0 Å². The topological polar surface area (TPSA) is 79.8 Å². The van der Waals surface area contributed by atoms with Gasteiger partial charge >= 0.3 is 0 Å². The van der Waals surface area contributed by atoms with Crippen molar-refractivity contribution in [3.63, 3.8) is 0 Å². The van der Waals surface area contributed by atoms with Crippen LogP contribution in [0.4, 0.5) is 0 Å². The maximum Gasteiger partial charge on any atom is 0.244 e. The molecular formula is C25H29N3O4S. The fourth-order valence-corrected chi connectivity index (χ4v) is 4.70. The number of para-hydroxylation sites is 1. The van der Waals surface area contributed by atoms with Gasteiger partial charge in [0.25, 0.3) is 0 Å². The third-order valence-corrected chi connectivity index (χ3v) is 7.24. The van der Waals surface area contributed by atoms with Crippen LogP contribution < -0.4 is 4.74 Å². The summed E-state index contributed by atoms with van der Waals surface area (Å²) in [4.78, 5) is 19.0. The van der Waals surface area contributed by atoms with E-state index in [-0.39, 0.29) is 23.4 Å². The van der Waals surface area contributed by atoms with Crippen LogP contribution in [-0.2, 0) is 27.8 Å². The molecule has 174 valence electrons. The zero-order chi connectivity index (χ0) is 23.8. The van der Waals surface area contributed by atoms with Crippen LogP contribution in [0.5, 0.6) is 5.75 Å². The van der Waals surface area contributed by atoms with E-state index in [1.807, 2.05) is 61.5 Å². The van der Waals surface area contributed by atoms with Crippen LogP contribution in [0, 0.1) is 0 Å². The first-order valence-electron chi connectivity index (χ1n) is 10.6. The molecule has 8 heteroatoms. The Balaban J connectivity index is 1.83. The van der Waals surface area contributed by atoms with Gasteiger partial charge in [-0.05, 0) is 42.7 Å². The lowest BCUT2D eigenvalue weighted by molar-refractivity contribution is -0.133. The van der Waals surface area contributed by atoms with E-state index in [4.69, 9.17) is 4.74 Å². The first kappa shape index (κ1) is 24.4. The monoisotopic (exact) mass is 467 g/mol.